The summed E-state index contributed by atoms with van der Waals surface area (Å²) in [6, 6.07) is 0. The number of carbonyl (C=O) groups excluding carboxylic acids is 2. The minimum absolute atomic E-state index is 0.0587. The SMILES string of the molecule is CCCCC1=C(OC(C)=O)CC[C@@]2(C)C1=CC[C@@H]1[C@@H]2CC[C@]2(C)C(=C(F)C(=O)OCC)CC[C@@H]12. The molecule has 4 nitrogen and oxygen atoms in total. The first-order chi connectivity index (χ1) is 16.2. The third kappa shape index (κ3) is 4.07. The maximum absolute atomic E-state index is 15.1. The zero-order valence-corrected chi connectivity index (χ0v) is 21.6. The van der Waals surface area contributed by atoms with Crippen LogP contribution in [-0.4, -0.2) is 18.5 Å². The maximum Gasteiger partial charge on any atom is 0.367 e. The van der Waals surface area contributed by atoms with Crippen LogP contribution >= 0.6 is 0 Å². The van der Waals surface area contributed by atoms with Crippen molar-refractivity contribution in [3.63, 3.8) is 0 Å². The van der Waals surface area contributed by atoms with Crippen molar-refractivity contribution in [2.45, 2.75) is 98.8 Å². The van der Waals surface area contributed by atoms with E-state index < -0.39 is 11.8 Å². The lowest BCUT2D eigenvalue weighted by atomic mass is 9.47. The number of unbranched alkanes of at least 4 members (excludes halogenated alkanes) is 1. The zero-order chi connectivity index (χ0) is 24.7. The summed E-state index contributed by atoms with van der Waals surface area (Å²) in [6.07, 6.45) is 11.9. The summed E-state index contributed by atoms with van der Waals surface area (Å²) in [6.45, 7) is 10.2. The van der Waals surface area contributed by atoms with Crippen LogP contribution in [0.2, 0.25) is 0 Å². The molecule has 5 heteroatoms. The highest BCUT2D eigenvalue weighted by Crippen LogP contribution is 2.67. The van der Waals surface area contributed by atoms with Crippen molar-refractivity contribution in [2.75, 3.05) is 6.61 Å². The Morgan fingerprint density at radius 3 is 2.50 bits per heavy atom. The number of allylic oxidation sites excluding steroid dienone is 5. The summed E-state index contributed by atoms with van der Waals surface area (Å²) >= 11 is 0. The molecule has 0 N–H and O–H groups in total. The molecule has 0 heterocycles. The summed E-state index contributed by atoms with van der Waals surface area (Å²) < 4.78 is 25.8. The predicted octanol–water partition coefficient (Wildman–Crippen LogP) is 7.35. The van der Waals surface area contributed by atoms with Gasteiger partial charge >= 0.3 is 11.9 Å². The summed E-state index contributed by atoms with van der Waals surface area (Å²) in [5.74, 6) is 0.616. The van der Waals surface area contributed by atoms with Gasteiger partial charge in [-0.1, -0.05) is 33.3 Å². The fourth-order valence-electron chi connectivity index (χ4n) is 7.96. The number of halogens is 1. The molecule has 0 saturated heterocycles. The van der Waals surface area contributed by atoms with Crippen LogP contribution in [0.3, 0.4) is 0 Å². The van der Waals surface area contributed by atoms with Crippen LogP contribution in [0.4, 0.5) is 4.39 Å². The minimum Gasteiger partial charge on any atom is -0.461 e. The molecule has 2 saturated carbocycles. The van der Waals surface area contributed by atoms with Gasteiger partial charge in [-0.15, -0.1) is 0 Å². The number of fused-ring (bicyclic) bond motifs is 5. The average molecular weight is 473 g/mol. The number of hydrogen-bond donors (Lipinski definition) is 0. The van der Waals surface area contributed by atoms with Crippen LogP contribution < -0.4 is 0 Å². The standard InChI is InChI=1S/C29H41FO4/c1-6-8-9-20-22-11-10-19-21-12-13-24(26(30)27(32)33-7-2)29(21,5)16-14-23(19)28(22,4)17-15-25(20)34-18(3)31/h11,19,21,23H,6-10,12-17H2,1-5H3/t19-,21-,23-,28-,29-/m0/s1. The van der Waals surface area contributed by atoms with Gasteiger partial charge in [0.05, 0.1) is 6.61 Å². The molecule has 0 aromatic heterocycles. The number of hydrogen-bond acceptors (Lipinski definition) is 4. The van der Waals surface area contributed by atoms with Gasteiger partial charge in [0.2, 0.25) is 5.83 Å². The topological polar surface area (TPSA) is 52.6 Å². The van der Waals surface area contributed by atoms with E-state index in [0.29, 0.717) is 29.7 Å². The zero-order valence-electron chi connectivity index (χ0n) is 21.6. The molecule has 0 bridgehead atoms. The van der Waals surface area contributed by atoms with E-state index in [1.54, 1.807) is 6.92 Å². The van der Waals surface area contributed by atoms with E-state index in [9.17, 15) is 9.59 Å². The van der Waals surface area contributed by atoms with Gasteiger partial charge in [-0.3, -0.25) is 4.79 Å². The highest BCUT2D eigenvalue weighted by Gasteiger charge is 2.58. The van der Waals surface area contributed by atoms with Crippen LogP contribution in [0, 0.1) is 28.6 Å². The van der Waals surface area contributed by atoms with Crippen LogP contribution in [0.15, 0.2) is 34.4 Å². The number of ether oxygens (including phenoxy) is 2. The normalized spacial score (nSPS) is 36.2. The number of rotatable bonds is 6. The van der Waals surface area contributed by atoms with Gasteiger partial charge in [-0.25, -0.2) is 4.79 Å². The molecule has 4 aliphatic carbocycles. The van der Waals surface area contributed by atoms with Gasteiger partial charge in [-0.05, 0) is 104 Å². The lowest BCUT2D eigenvalue weighted by molar-refractivity contribution is -0.140. The van der Waals surface area contributed by atoms with Crippen molar-refractivity contribution >= 4 is 11.9 Å². The molecule has 2 fully saturated rings. The molecule has 4 aliphatic rings. The summed E-state index contributed by atoms with van der Waals surface area (Å²) in [5.41, 5.74) is 3.15. The predicted molar refractivity (Wildman–Crippen MR) is 130 cm³/mol. The molecular formula is C29H41FO4. The van der Waals surface area contributed by atoms with Gasteiger partial charge in [0.15, 0.2) is 0 Å². The number of carbonyl (C=O) groups is 2. The van der Waals surface area contributed by atoms with Crippen molar-refractivity contribution in [2.24, 2.45) is 28.6 Å². The van der Waals surface area contributed by atoms with Crippen LogP contribution in [0.25, 0.3) is 0 Å². The third-order valence-corrected chi connectivity index (χ3v) is 9.55. The minimum atomic E-state index is -0.796. The first-order valence-corrected chi connectivity index (χ1v) is 13.3. The quantitative estimate of drug-likeness (QED) is 0.299. The van der Waals surface area contributed by atoms with Gasteiger partial charge in [0.1, 0.15) is 5.76 Å². The Bertz CT molecular complexity index is 944. The van der Waals surface area contributed by atoms with E-state index in [-0.39, 0.29) is 23.4 Å². The Morgan fingerprint density at radius 2 is 1.82 bits per heavy atom. The average Bonchev–Trinajstić information content (AvgIpc) is 3.15. The maximum atomic E-state index is 15.1. The first-order valence-electron chi connectivity index (χ1n) is 13.3. The molecule has 0 unspecified atom stereocenters. The summed E-state index contributed by atoms with van der Waals surface area (Å²) in [5, 5.41) is 0. The van der Waals surface area contributed by atoms with E-state index in [1.807, 2.05) is 0 Å². The fraction of sp³-hybridized carbons (Fsp3) is 0.724. The lowest BCUT2D eigenvalue weighted by Gasteiger charge is -2.57. The second-order valence-electron chi connectivity index (χ2n) is 11.3. The van der Waals surface area contributed by atoms with Gasteiger partial charge in [0.25, 0.3) is 0 Å². The molecule has 34 heavy (non-hydrogen) atoms. The van der Waals surface area contributed by atoms with Crippen molar-refractivity contribution < 1.29 is 23.5 Å². The van der Waals surface area contributed by atoms with Crippen LogP contribution in [0.1, 0.15) is 98.8 Å². The molecule has 0 amide bonds. The summed E-state index contributed by atoms with van der Waals surface area (Å²) in [4.78, 5) is 24.0. The highest BCUT2D eigenvalue weighted by atomic mass is 19.1. The van der Waals surface area contributed by atoms with Gasteiger partial charge in [-0.2, -0.15) is 4.39 Å². The van der Waals surface area contributed by atoms with E-state index in [4.69, 9.17) is 9.47 Å². The largest absolute Gasteiger partial charge is 0.461 e. The number of esters is 2. The van der Waals surface area contributed by atoms with E-state index in [0.717, 1.165) is 63.5 Å². The van der Waals surface area contributed by atoms with Crippen molar-refractivity contribution in [1.82, 2.24) is 0 Å². The van der Waals surface area contributed by atoms with E-state index >= 15 is 4.39 Å². The van der Waals surface area contributed by atoms with Crippen molar-refractivity contribution in [1.29, 1.82) is 0 Å². The molecule has 0 aromatic carbocycles. The van der Waals surface area contributed by atoms with Crippen LogP contribution in [0.5, 0.6) is 0 Å². The molecule has 188 valence electrons. The molecular weight excluding hydrogens is 431 g/mol. The Labute approximate surface area is 204 Å². The second-order valence-corrected chi connectivity index (χ2v) is 11.3. The van der Waals surface area contributed by atoms with Gasteiger partial charge < -0.3 is 9.47 Å². The Hall–Kier alpha value is -1.91. The van der Waals surface area contributed by atoms with Crippen molar-refractivity contribution in [3.8, 4) is 0 Å². The smallest absolute Gasteiger partial charge is 0.367 e. The van der Waals surface area contributed by atoms with Gasteiger partial charge in [0, 0.05) is 13.3 Å². The van der Waals surface area contributed by atoms with Crippen molar-refractivity contribution in [3.05, 3.63) is 34.4 Å². The molecule has 4 rings (SSSR count). The first kappa shape index (κ1) is 25.2. The third-order valence-electron chi connectivity index (χ3n) is 9.55. The Morgan fingerprint density at radius 1 is 1.09 bits per heavy atom. The molecule has 5 atom stereocenters. The fourth-order valence-corrected chi connectivity index (χ4v) is 7.96. The lowest BCUT2D eigenvalue weighted by Crippen LogP contribution is -2.49. The monoisotopic (exact) mass is 472 g/mol. The molecule has 0 spiro atoms. The Kier molecular flexibility index (Phi) is 7.13. The van der Waals surface area contributed by atoms with E-state index in [2.05, 4.69) is 26.8 Å². The highest BCUT2D eigenvalue weighted by molar-refractivity contribution is 5.87. The van der Waals surface area contributed by atoms with Crippen LogP contribution in [-0.2, 0) is 19.1 Å². The summed E-state index contributed by atoms with van der Waals surface area (Å²) in [7, 11) is 0. The molecule has 0 aliphatic heterocycles. The second kappa shape index (κ2) is 9.62. The molecule has 0 aromatic rings. The van der Waals surface area contributed by atoms with E-state index in [1.165, 1.54) is 18.1 Å². The molecule has 0 radical (unpaired) electrons. The Balaban J connectivity index is 1.68.